The number of carbonyl (C=O) groups is 1. The molecule has 0 unspecified atom stereocenters. The summed E-state index contributed by atoms with van der Waals surface area (Å²) in [5.74, 6) is 1.15. The van der Waals surface area contributed by atoms with Crippen molar-refractivity contribution < 1.29 is 23.1 Å². The molecule has 0 fully saturated rings. The molecule has 2 aromatic carbocycles. The molecule has 0 aliphatic carbocycles. The molecule has 1 aromatic heterocycles. The maximum Gasteiger partial charge on any atom is 0.232 e. The Morgan fingerprint density at radius 1 is 1.15 bits per heavy atom. The number of carbonyl (C=O) groups excluding carboxylic acids is 1. The Hall–Kier alpha value is -3.34. The molecule has 0 radical (unpaired) electrons. The molecular weight excluding hydrogens is 335 g/mol. The summed E-state index contributed by atoms with van der Waals surface area (Å²) < 4.78 is 30.3. The monoisotopic (exact) mass is 350 g/mol. The van der Waals surface area contributed by atoms with E-state index < -0.39 is 0 Å². The molecule has 0 saturated heterocycles. The Kier molecular flexibility index (Phi) is 4.05. The number of rotatable bonds is 4. The zero-order chi connectivity index (χ0) is 18.1. The number of aryl methyl sites for hydroxylation is 1. The standard InChI is InChI=1S/C21H15FO4/c1-13-9-16(25-12-14-5-2-3-7-17(14)22)11-18-20(13)21(23)19(26-18)10-15-6-4-8-24-15/h2-11H,12H2,1H3/b19-10-. The normalized spacial score (nSPS) is 14.4. The fourth-order valence-electron chi connectivity index (χ4n) is 2.84. The second-order valence-corrected chi connectivity index (χ2v) is 5.95. The number of furan rings is 1. The number of benzene rings is 2. The molecule has 4 nitrogen and oxygen atoms in total. The Labute approximate surface area is 149 Å². The van der Waals surface area contributed by atoms with Crippen LogP contribution in [0.3, 0.4) is 0 Å². The molecule has 0 atom stereocenters. The van der Waals surface area contributed by atoms with E-state index in [0.717, 1.165) is 5.56 Å². The lowest BCUT2D eigenvalue weighted by Gasteiger charge is -2.09. The number of allylic oxidation sites excluding steroid dienone is 1. The number of halogens is 1. The van der Waals surface area contributed by atoms with Gasteiger partial charge in [-0.1, -0.05) is 18.2 Å². The molecule has 2 heterocycles. The third-order valence-corrected chi connectivity index (χ3v) is 4.11. The van der Waals surface area contributed by atoms with Gasteiger partial charge in [-0.2, -0.15) is 0 Å². The topological polar surface area (TPSA) is 48.7 Å². The summed E-state index contributed by atoms with van der Waals surface area (Å²) in [5.41, 5.74) is 1.70. The zero-order valence-electron chi connectivity index (χ0n) is 14.0. The number of ketones is 1. The quantitative estimate of drug-likeness (QED) is 0.627. The minimum atomic E-state index is -0.319. The van der Waals surface area contributed by atoms with Crippen molar-refractivity contribution in [2.45, 2.75) is 13.5 Å². The second kappa shape index (κ2) is 6.52. The van der Waals surface area contributed by atoms with E-state index in [1.807, 2.05) is 6.92 Å². The molecule has 130 valence electrons. The lowest BCUT2D eigenvalue weighted by molar-refractivity contribution is 0.101. The van der Waals surface area contributed by atoms with Crippen LogP contribution in [-0.2, 0) is 6.61 Å². The fourth-order valence-corrected chi connectivity index (χ4v) is 2.84. The van der Waals surface area contributed by atoms with Crippen LogP contribution in [0.1, 0.15) is 27.2 Å². The summed E-state index contributed by atoms with van der Waals surface area (Å²) >= 11 is 0. The van der Waals surface area contributed by atoms with E-state index in [1.165, 1.54) is 12.3 Å². The van der Waals surface area contributed by atoms with Gasteiger partial charge in [-0.3, -0.25) is 4.79 Å². The SMILES string of the molecule is Cc1cc(OCc2ccccc2F)cc2c1C(=O)/C(=C/c1ccco1)O2. The van der Waals surface area contributed by atoms with Gasteiger partial charge in [0.15, 0.2) is 5.76 Å². The van der Waals surface area contributed by atoms with Gasteiger partial charge in [0.1, 0.15) is 29.7 Å². The van der Waals surface area contributed by atoms with Gasteiger partial charge in [0.25, 0.3) is 0 Å². The Morgan fingerprint density at radius 2 is 2.00 bits per heavy atom. The smallest absolute Gasteiger partial charge is 0.232 e. The predicted molar refractivity (Wildman–Crippen MR) is 93.6 cm³/mol. The van der Waals surface area contributed by atoms with Crippen LogP contribution in [0, 0.1) is 12.7 Å². The largest absolute Gasteiger partial charge is 0.489 e. The van der Waals surface area contributed by atoms with Gasteiger partial charge < -0.3 is 13.9 Å². The number of Topliss-reactive ketones (excluding diaryl/α,β-unsaturated/α-hetero) is 1. The van der Waals surface area contributed by atoms with Crippen LogP contribution in [0.4, 0.5) is 4.39 Å². The van der Waals surface area contributed by atoms with E-state index in [4.69, 9.17) is 13.9 Å². The van der Waals surface area contributed by atoms with E-state index in [-0.39, 0.29) is 24.0 Å². The van der Waals surface area contributed by atoms with Crippen molar-refractivity contribution in [2.24, 2.45) is 0 Å². The lowest BCUT2D eigenvalue weighted by atomic mass is 10.0. The fraction of sp³-hybridized carbons (Fsp3) is 0.0952. The van der Waals surface area contributed by atoms with Crippen molar-refractivity contribution in [3.05, 3.63) is 88.8 Å². The van der Waals surface area contributed by atoms with Crippen molar-refractivity contribution in [3.8, 4) is 11.5 Å². The maximum atomic E-state index is 13.7. The molecule has 4 rings (SSSR count). The van der Waals surface area contributed by atoms with Gasteiger partial charge >= 0.3 is 0 Å². The average molecular weight is 350 g/mol. The summed E-state index contributed by atoms with van der Waals surface area (Å²) in [6.07, 6.45) is 3.08. The third kappa shape index (κ3) is 2.99. The third-order valence-electron chi connectivity index (χ3n) is 4.11. The molecule has 0 saturated carbocycles. The van der Waals surface area contributed by atoms with Crippen LogP contribution in [0.2, 0.25) is 0 Å². The Bertz CT molecular complexity index is 1000. The van der Waals surface area contributed by atoms with E-state index >= 15 is 0 Å². The highest BCUT2D eigenvalue weighted by atomic mass is 19.1. The summed E-state index contributed by atoms with van der Waals surface area (Å²) in [7, 11) is 0. The first-order valence-corrected chi connectivity index (χ1v) is 8.10. The first kappa shape index (κ1) is 16.1. The van der Waals surface area contributed by atoms with E-state index in [0.29, 0.717) is 28.4 Å². The molecule has 1 aliphatic rings. The van der Waals surface area contributed by atoms with Crippen molar-refractivity contribution in [1.29, 1.82) is 0 Å². The van der Waals surface area contributed by atoms with E-state index in [1.54, 1.807) is 48.5 Å². The van der Waals surface area contributed by atoms with E-state index in [9.17, 15) is 9.18 Å². The highest BCUT2D eigenvalue weighted by Gasteiger charge is 2.30. The average Bonchev–Trinajstić information content (AvgIpc) is 3.23. The maximum absolute atomic E-state index is 13.7. The minimum Gasteiger partial charge on any atom is -0.489 e. The molecule has 3 aromatic rings. The van der Waals surface area contributed by atoms with Gasteiger partial charge in [0.2, 0.25) is 5.78 Å². The van der Waals surface area contributed by atoms with Gasteiger partial charge in [-0.05, 0) is 36.8 Å². The highest BCUT2D eigenvalue weighted by Crippen LogP contribution is 2.37. The first-order chi connectivity index (χ1) is 12.6. The summed E-state index contributed by atoms with van der Waals surface area (Å²) in [6.45, 7) is 1.90. The molecule has 0 bridgehead atoms. The zero-order valence-corrected chi connectivity index (χ0v) is 14.0. The summed E-state index contributed by atoms with van der Waals surface area (Å²) in [5, 5.41) is 0. The van der Waals surface area contributed by atoms with Crippen molar-refractivity contribution in [3.63, 3.8) is 0 Å². The Morgan fingerprint density at radius 3 is 2.77 bits per heavy atom. The van der Waals surface area contributed by atoms with Crippen molar-refractivity contribution in [2.75, 3.05) is 0 Å². The number of fused-ring (bicyclic) bond motifs is 1. The van der Waals surface area contributed by atoms with Crippen LogP contribution >= 0.6 is 0 Å². The molecule has 1 aliphatic heterocycles. The molecule has 0 N–H and O–H groups in total. The van der Waals surface area contributed by atoms with Crippen molar-refractivity contribution in [1.82, 2.24) is 0 Å². The van der Waals surface area contributed by atoms with Gasteiger partial charge in [0, 0.05) is 17.7 Å². The van der Waals surface area contributed by atoms with Crippen LogP contribution in [0.5, 0.6) is 11.5 Å². The van der Waals surface area contributed by atoms with E-state index in [2.05, 4.69) is 0 Å². The Balaban J connectivity index is 1.58. The van der Waals surface area contributed by atoms with Gasteiger partial charge in [-0.25, -0.2) is 4.39 Å². The lowest BCUT2D eigenvalue weighted by Crippen LogP contribution is -2.00. The predicted octanol–water partition coefficient (Wildman–Crippen LogP) is 4.92. The van der Waals surface area contributed by atoms with Crippen LogP contribution in [0.25, 0.3) is 6.08 Å². The molecule has 5 heteroatoms. The summed E-state index contributed by atoms with van der Waals surface area (Å²) in [6, 6.07) is 13.3. The molecule has 0 amide bonds. The first-order valence-electron chi connectivity index (χ1n) is 8.10. The summed E-state index contributed by atoms with van der Waals surface area (Å²) in [4.78, 5) is 12.6. The van der Waals surface area contributed by atoms with Gasteiger partial charge in [-0.15, -0.1) is 0 Å². The van der Waals surface area contributed by atoms with Crippen LogP contribution < -0.4 is 9.47 Å². The van der Waals surface area contributed by atoms with Crippen LogP contribution in [-0.4, -0.2) is 5.78 Å². The van der Waals surface area contributed by atoms with Crippen molar-refractivity contribution >= 4 is 11.9 Å². The number of hydrogen-bond donors (Lipinski definition) is 0. The molecular formula is C21H15FO4. The number of ether oxygens (including phenoxy) is 2. The second-order valence-electron chi connectivity index (χ2n) is 5.95. The molecule has 26 heavy (non-hydrogen) atoms. The highest BCUT2D eigenvalue weighted by molar-refractivity contribution is 6.15. The van der Waals surface area contributed by atoms with Gasteiger partial charge in [0.05, 0.1) is 11.8 Å². The van der Waals surface area contributed by atoms with Crippen LogP contribution in [0.15, 0.2) is 65.0 Å². The number of hydrogen-bond acceptors (Lipinski definition) is 4. The minimum absolute atomic E-state index is 0.0912. The molecule has 0 spiro atoms.